The van der Waals surface area contributed by atoms with Gasteiger partial charge in [0.1, 0.15) is 11.7 Å². The molecule has 1 unspecified atom stereocenters. The van der Waals surface area contributed by atoms with Gasteiger partial charge in [-0.3, -0.25) is 25.9 Å². The summed E-state index contributed by atoms with van der Waals surface area (Å²) < 4.78 is 13.9. The van der Waals surface area contributed by atoms with Crippen LogP contribution in [-0.2, 0) is 0 Å². The highest BCUT2D eigenvalue weighted by Gasteiger charge is 2.28. The molecule has 0 spiro atoms. The summed E-state index contributed by atoms with van der Waals surface area (Å²) in [7, 11) is 0. The van der Waals surface area contributed by atoms with Crippen molar-refractivity contribution >= 4 is 47.4 Å². The fraction of sp³-hybridized carbons (Fsp3) is 0.200. The van der Waals surface area contributed by atoms with Crippen LogP contribution in [0.1, 0.15) is 22.3 Å². The molecule has 0 radical (unpaired) electrons. The summed E-state index contributed by atoms with van der Waals surface area (Å²) in [5.41, 5.74) is 6.09. The van der Waals surface area contributed by atoms with Gasteiger partial charge in [0.2, 0.25) is 0 Å². The number of amidine groups is 1. The maximum atomic E-state index is 13.9. The normalized spacial score (nSPS) is 15.4. The zero-order valence-corrected chi connectivity index (χ0v) is 17.1. The first-order chi connectivity index (χ1) is 14.8. The van der Waals surface area contributed by atoms with Crippen molar-refractivity contribution in [2.75, 3.05) is 22.9 Å². The SMILES string of the molecule is N=CN(C=N)c1ccc(C(=O)NC2CCN(c3ccc(F)c(C(=N)N)c3O)C2)c(Cl)c1. The maximum Gasteiger partial charge on any atom is 0.253 e. The van der Waals surface area contributed by atoms with Crippen molar-refractivity contribution < 1.29 is 14.3 Å². The molecule has 2 aromatic carbocycles. The molecule has 1 fully saturated rings. The maximum absolute atomic E-state index is 13.9. The van der Waals surface area contributed by atoms with E-state index in [2.05, 4.69) is 5.32 Å². The fourth-order valence-electron chi connectivity index (χ4n) is 3.46. The first kappa shape index (κ1) is 22.0. The van der Waals surface area contributed by atoms with Crippen LogP contribution in [-0.4, -0.2) is 48.7 Å². The van der Waals surface area contributed by atoms with Gasteiger partial charge in [-0.15, -0.1) is 0 Å². The highest BCUT2D eigenvalue weighted by atomic mass is 35.5. The molecule has 31 heavy (non-hydrogen) atoms. The number of benzene rings is 2. The number of nitrogens with two attached hydrogens (primary N) is 1. The van der Waals surface area contributed by atoms with E-state index in [1.54, 1.807) is 11.0 Å². The molecule has 0 saturated carbocycles. The molecular formula is C20H21ClFN7O2. The Morgan fingerprint density at radius 1 is 1.32 bits per heavy atom. The summed E-state index contributed by atoms with van der Waals surface area (Å²) in [6, 6.07) is 6.91. The first-order valence-corrected chi connectivity index (χ1v) is 9.65. The number of hydrogen-bond acceptors (Lipinski definition) is 6. The van der Waals surface area contributed by atoms with Crippen molar-refractivity contribution in [2.45, 2.75) is 12.5 Å². The van der Waals surface area contributed by atoms with E-state index in [1.165, 1.54) is 23.1 Å². The Hall–Kier alpha value is -3.66. The van der Waals surface area contributed by atoms with E-state index in [0.717, 1.165) is 18.7 Å². The number of phenols is 1. The minimum Gasteiger partial charge on any atom is -0.505 e. The summed E-state index contributed by atoms with van der Waals surface area (Å²) in [5, 5.41) is 35.4. The summed E-state index contributed by atoms with van der Waals surface area (Å²) in [5.74, 6) is -2.13. The minimum absolute atomic E-state index is 0.181. The van der Waals surface area contributed by atoms with Gasteiger partial charge in [0, 0.05) is 24.8 Å². The number of nitrogens with one attached hydrogen (secondary N) is 4. The molecule has 0 aliphatic carbocycles. The average Bonchev–Trinajstić information content (AvgIpc) is 3.16. The van der Waals surface area contributed by atoms with Crippen LogP contribution in [0.4, 0.5) is 15.8 Å². The number of rotatable bonds is 7. The molecule has 1 aliphatic heterocycles. The molecule has 1 heterocycles. The Balaban J connectivity index is 1.72. The van der Waals surface area contributed by atoms with Gasteiger partial charge < -0.3 is 21.1 Å². The van der Waals surface area contributed by atoms with Gasteiger partial charge in [-0.25, -0.2) is 4.39 Å². The van der Waals surface area contributed by atoms with Gasteiger partial charge >= 0.3 is 0 Å². The van der Waals surface area contributed by atoms with Crippen molar-refractivity contribution in [1.29, 1.82) is 16.2 Å². The quantitative estimate of drug-likeness (QED) is 0.285. The van der Waals surface area contributed by atoms with E-state index in [1.807, 2.05) is 0 Å². The predicted molar refractivity (Wildman–Crippen MR) is 119 cm³/mol. The summed E-state index contributed by atoms with van der Waals surface area (Å²) in [6.07, 6.45) is 2.49. The van der Waals surface area contributed by atoms with E-state index in [-0.39, 0.29) is 28.1 Å². The number of halogens is 2. The van der Waals surface area contributed by atoms with Crippen molar-refractivity contribution in [2.24, 2.45) is 5.73 Å². The van der Waals surface area contributed by atoms with Gasteiger partial charge in [0.15, 0.2) is 5.75 Å². The van der Waals surface area contributed by atoms with Gasteiger partial charge in [0.25, 0.3) is 5.91 Å². The highest BCUT2D eigenvalue weighted by Crippen LogP contribution is 2.34. The fourth-order valence-corrected chi connectivity index (χ4v) is 3.72. The highest BCUT2D eigenvalue weighted by molar-refractivity contribution is 6.34. The third-order valence-electron chi connectivity index (χ3n) is 5.01. The Labute approximate surface area is 182 Å². The standard InChI is InChI=1S/C20H21ClFN7O2/c21-14-7-12(29(9-23)10-24)1-2-13(14)20(31)27-11-5-6-28(8-11)16-4-3-15(22)17(18(16)30)19(25)26/h1-4,7,9-11,23-24,30H,5-6,8H2,(H3,25,26)(H,27,31). The molecule has 0 aromatic heterocycles. The lowest BCUT2D eigenvalue weighted by Gasteiger charge is -2.22. The number of anilines is 2. The molecule has 1 amide bonds. The lowest BCUT2D eigenvalue weighted by molar-refractivity contribution is 0.0940. The second-order valence-electron chi connectivity index (χ2n) is 6.94. The van der Waals surface area contributed by atoms with Crippen molar-refractivity contribution in [3.05, 3.63) is 52.3 Å². The van der Waals surface area contributed by atoms with Crippen LogP contribution in [0.25, 0.3) is 0 Å². The topological polar surface area (TPSA) is 153 Å². The molecule has 11 heteroatoms. The number of nitrogen functional groups attached to an aromatic ring is 1. The third kappa shape index (κ3) is 4.43. The Kier molecular flexibility index (Phi) is 6.40. The van der Waals surface area contributed by atoms with Gasteiger partial charge in [-0.1, -0.05) is 11.6 Å². The number of aromatic hydroxyl groups is 1. The Morgan fingerprint density at radius 3 is 2.65 bits per heavy atom. The zero-order valence-electron chi connectivity index (χ0n) is 16.3. The van der Waals surface area contributed by atoms with Gasteiger partial charge in [0.05, 0.1) is 34.5 Å². The van der Waals surface area contributed by atoms with Crippen molar-refractivity contribution in [3.63, 3.8) is 0 Å². The van der Waals surface area contributed by atoms with Crippen LogP contribution in [0.2, 0.25) is 5.02 Å². The van der Waals surface area contributed by atoms with E-state index in [9.17, 15) is 14.3 Å². The molecule has 7 N–H and O–H groups in total. The molecule has 9 nitrogen and oxygen atoms in total. The molecule has 2 aromatic rings. The lowest BCUT2D eigenvalue weighted by Crippen LogP contribution is -2.37. The summed E-state index contributed by atoms with van der Waals surface area (Å²) >= 11 is 6.23. The zero-order chi connectivity index (χ0) is 22.7. The minimum atomic E-state index is -0.777. The number of hydrogen-bond donors (Lipinski definition) is 6. The first-order valence-electron chi connectivity index (χ1n) is 9.27. The largest absolute Gasteiger partial charge is 0.505 e. The van der Waals surface area contributed by atoms with Crippen LogP contribution in [0.15, 0.2) is 30.3 Å². The monoisotopic (exact) mass is 445 g/mol. The molecule has 0 bridgehead atoms. The van der Waals surface area contributed by atoms with E-state index >= 15 is 0 Å². The number of carbonyl (C=O) groups is 1. The smallest absolute Gasteiger partial charge is 0.253 e. The van der Waals surface area contributed by atoms with Crippen LogP contribution in [0.5, 0.6) is 5.75 Å². The van der Waals surface area contributed by atoms with Crippen LogP contribution >= 0.6 is 11.6 Å². The van der Waals surface area contributed by atoms with Gasteiger partial charge in [-0.2, -0.15) is 0 Å². The average molecular weight is 446 g/mol. The summed E-state index contributed by atoms with van der Waals surface area (Å²) in [6.45, 7) is 0.870. The van der Waals surface area contributed by atoms with Crippen molar-refractivity contribution in [3.8, 4) is 5.75 Å². The Morgan fingerprint density at radius 2 is 2.03 bits per heavy atom. The molecule has 162 valence electrons. The number of nitrogens with zero attached hydrogens (tertiary/aromatic N) is 2. The second kappa shape index (κ2) is 9.00. The van der Waals surface area contributed by atoms with Crippen LogP contribution in [0.3, 0.4) is 0 Å². The molecule has 1 atom stereocenters. The van der Waals surface area contributed by atoms with Crippen LogP contribution in [0, 0.1) is 22.0 Å². The van der Waals surface area contributed by atoms with E-state index < -0.39 is 17.4 Å². The number of amides is 1. The Bertz CT molecular complexity index is 1050. The van der Waals surface area contributed by atoms with Gasteiger partial charge in [-0.05, 0) is 36.8 Å². The third-order valence-corrected chi connectivity index (χ3v) is 5.33. The van der Waals surface area contributed by atoms with Crippen LogP contribution < -0.4 is 20.9 Å². The molecule has 1 saturated heterocycles. The lowest BCUT2D eigenvalue weighted by atomic mass is 10.1. The second-order valence-corrected chi connectivity index (χ2v) is 7.35. The molecule has 1 aliphatic rings. The van der Waals surface area contributed by atoms with E-state index in [0.29, 0.717) is 30.9 Å². The number of carbonyl (C=O) groups excluding carboxylic acids is 1. The van der Waals surface area contributed by atoms with Crippen molar-refractivity contribution in [1.82, 2.24) is 5.32 Å². The van der Waals surface area contributed by atoms with E-state index in [4.69, 9.17) is 33.6 Å². The predicted octanol–water partition coefficient (Wildman–Crippen LogP) is 2.50. The molecular weight excluding hydrogens is 425 g/mol. The number of phenolic OH excluding ortho intramolecular Hbond substituents is 1. The molecule has 3 rings (SSSR count). The summed E-state index contributed by atoms with van der Waals surface area (Å²) in [4.78, 5) is 15.7.